The Hall–Kier alpha value is -1.69. The van der Waals surface area contributed by atoms with Gasteiger partial charge in [-0.25, -0.2) is 0 Å². The van der Waals surface area contributed by atoms with Crippen molar-refractivity contribution in [3.05, 3.63) is 103 Å². The molecule has 0 saturated carbocycles. The molecule has 0 fully saturated rings. The molecule has 0 saturated heterocycles. The van der Waals surface area contributed by atoms with E-state index in [4.69, 9.17) is 28.6 Å². The van der Waals surface area contributed by atoms with Gasteiger partial charge in [-0.3, -0.25) is 0 Å². The molecule has 1 aliphatic rings. The molecule has 2 aromatic carbocycles. The Morgan fingerprint density at radius 1 is 1.03 bits per heavy atom. The van der Waals surface area contributed by atoms with Gasteiger partial charge in [-0.2, -0.15) is 0 Å². The van der Waals surface area contributed by atoms with Crippen LogP contribution < -0.4 is 0 Å². The molecule has 4 rings (SSSR count). The number of nitrogens with zero attached hydrogens (tertiary/aromatic N) is 1. The van der Waals surface area contributed by atoms with Crippen LogP contribution in [0.15, 0.2) is 66.9 Å². The molecular weight excluding hydrogens is 598 g/mol. The number of hydrogen-bond acceptors (Lipinski definition) is 2. The first-order chi connectivity index (χ1) is 17.4. The molecule has 0 bridgehead atoms. The van der Waals surface area contributed by atoms with E-state index in [0.717, 1.165) is 20.7 Å². The summed E-state index contributed by atoms with van der Waals surface area (Å²) in [7, 11) is 0. The molecule has 36 heavy (non-hydrogen) atoms. The van der Waals surface area contributed by atoms with Crippen LogP contribution in [-0.2, 0) is 5.41 Å². The van der Waals surface area contributed by atoms with Crippen molar-refractivity contribution in [1.82, 2.24) is 4.98 Å². The van der Waals surface area contributed by atoms with Gasteiger partial charge in [0, 0.05) is 5.02 Å². The van der Waals surface area contributed by atoms with Gasteiger partial charge in [0.2, 0.25) is 0 Å². The first-order valence-corrected chi connectivity index (χ1v) is 17.3. The van der Waals surface area contributed by atoms with Crippen LogP contribution in [0.3, 0.4) is 0 Å². The number of pyridine rings is 1. The summed E-state index contributed by atoms with van der Waals surface area (Å²) in [5, 5.41) is 10.4. The number of alkyl halides is 1. The van der Waals surface area contributed by atoms with E-state index in [1.54, 1.807) is 11.8 Å². The Morgan fingerprint density at radius 2 is 1.83 bits per heavy atom. The monoisotopic (exact) mass is 632 g/mol. The number of benzene rings is 2. The van der Waals surface area contributed by atoms with Crippen molar-refractivity contribution in [2.45, 2.75) is 64.2 Å². The second kappa shape index (κ2) is 12.7. The molecule has 2 heterocycles. The quantitative estimate of drug-likeness (QED) is 0.0737. The van der Waals surface area contributed by atoms with Crippen LogP contribution in [0.1, 0.15) is 74.1 Å². The van der Waals surface area contributed by atoms with Crippen LogP contribution in [0.5, 0.6) is 0 Å². The molecule has 0 aliphatic carbocycles. The fourth-order valence-electron chi connectivity index (χ4n) is 5.19. The van der Waals surface area contributed by atoms with E-state index in [9.17, 15) is 0 Å². The minimum atomic E-state index is -1.85. The Kier molecular flexibility index (Phi) is 9.65. The van der Waals surface area contributed by atoms with E-state index in [1.807, 2.05) is 24.3 Å². The Labute approximate surface area is 233 Å². The average Bonchev–Trinajstić information content (AvgIpc) is 3.17. The third-order valence-electron chi connectivity index (χ3n) is 6.97. The van der Waals surface area contributed by atoms with Crippen LogP contribution in [0, 0.1) is 15.9 Å². The Balaban J connectivity index is 1.44. The van der Waals surface area contributed by atoms with Crippen LogP contribution >= 0.6 is 43.0 Å². The van der Waals surface area contributed by atoms with Crippen molar-refractivity contribution in [1.29, 1.82) is 5.41 Å². The van der Waals surface area contributed by atoms with E-state index in [-0.39, 0.29) is 5.41 Å². The molecule has 1 aromatic heterocycles. The molecular formula is C31H35Cl2IN2. The molecule has 3 aromatic rings. The molecule has 5 heteroatoms. The molecule has 1 aliphatic heterocycles. The van der Waals surface area contributed by atoms with Crippen molar-refractivity contribution in [3.63, 3.8) is 0 Å². The van der Waals surface area contributed by atoms with Crippen molar-refractivity contribution in [2.75, 3.05) is 4.43 Å². The third-order valence-corrected chi connectivity index (χ3v) is 13.9. The molecule has 0 spiro atoms. The zero-order chi connectivity index (χ0) is 25.5. The standard InChI is InChI=1S/C31H35Cl2IN2/c1-3-17-31(18-8-6-4-5-7-9-24-11-13-26(32)14-12-24)22-34(28-15-10-23(2)20-27(28)31)30(35)25-16-19-36-29(33)21-25/h7,9-16,19-21,35H,3-6,8,17-18,22H2,1-2H3/b9-7+,35-30?. The van der Waals surface area contributed by atoms with Gasteiger partial charge in [0.05, 0.1) is 0 Å². The first kappa shape index (κ1) is 27.3. The fraction of sp³-hybridized carbons (Fsp3) is 0.355. The van der Waals surface area contributed by atoms with Crippen molar-refractivity contribution < 1.29 is 0 Å². The van der Waals surface area contributed by atoms with E-state index in [1.165, 1.54) is 57.6 Å². The van der Waals surface area contributed by atoms with Gasteiger partial charge >= 0.3 is 218 Å². The van der Waals surface area contributed by atoms with Crippen LogP contribution in [0.25, 0.3) is 6.08 Å². The maximum absolute atomic E-state index is 9.16. The molecule has 0 amide bonds. The summed E-state index contributed by atoms with van der Waals surface area (Å²) in [6.07, 6.45) is 14.6. The number of aryl methyl sites for hydroxylation is 1. The summed E-state index contributed by atoms with van der Waals surface area (Å²) >= 11 is 10.3. The maximum atomic E-state index is 9.16. The fourth-order valence-corrected chi connectivity index (χ4v) is 12.6. The van der Waals surface area contributed by atoms with Gasteiger partial charge in [-0.1, -0.05) is 11.6 Å². The summed E-state index contributed by atoms with van der Waals surface area (Å²) in [5.41, 5.74) is 5.24. The number of fused-ring (bicyclic) bond motifs is 1. The number of rotatable bonds is 11. The SMILES string of the molecule is CCCC1(CCCCC/C=C/c2ccc(Cl)cc2)CI(C(=N)c2ccnc(Cl)c2)c2ccc(C)cc21. The predicted octanol–water partition coefficient (Wildman–Crippen LogP) is 10.1. The second-order valence-corrected chi connectivity index (χ2v) is 15.6. The number of allylic oxidation sites excluding steroid dienone is 1. The Morgan fingerprint density at radius 3 is 2.58 bits per heavy atom. The van der Waals surface area contributed by atoms with Crippen LogP contribution in [-0.4, -0.2) is 13.1 Å². The first-order valence-electron chi connectivity index (χ1n) is 12.8. The molecule has 1 N–H and O–H groups in total. The van der Waals surface area contributed by atoms with E-state index >= 15 is 0 Å². The number of unbranched alkanes of at least 4 members (excludes halogenated alkanes) is 3. The van der Waals surface area contributed by atoms with Gasteiger partial charge in [-0.15, -0.1) is 0 Å². The molecule has 2 nitrogen and oxygen atoms in total. The van der Waals surface area contributed by atoms with Crippen LogP contribution in [0.4, 0.5) is 0 Å². The van der Waals surface area contributed by atoms with Gasteiger partial charge in [0.25, 0.3) is 0 Å². The van der Waals surface area contributed by atoms with E-state index in [0.29, 0.717) is 5.15 Å². The van der Waals surface area contributed by atoms with Crippen molar-refractivity contribution >= 4 is 52.8 Å². The van der Waals surface area contributed by atoms with Crippen molar-refractivity contribution in [2.24, 2.45) is 0 Å². The van der Waals surface area contributed by atoms with Gasteiger partial charge in [0.15, 0.2) is 0 Å². The second-order valence-electron chi connectivity index (χ2n) is 9.74. The summed E-state index contributed by atoms with van der Waals surface area (Å²) in [6.45, 7) is 4.51. The number of halogens is 3. The molecule has 1 unspecified atom stereocenters. The predicted molar refractivity (Wildman–Crippen MR) is 165 cm³/mol. The van der Waals surface area contributed by atoms with Gasteiger partial charge in [-0.05, 0) is 0 Å². The zero-order valence-corrected chi connectivity index (χ0v) is 24.8. The summed E-state index contributed by atoms with van der Waals surface area (Å²) in [6, 6.07) is 18.8. The third kappa shape index (κ3) is 6.59. The van der Waals surface area contributed by atoms with Gasteiger partial charge < -0.3 is 0 Å². The number of nitrogens with one attached hydrogen (secondary N) is 1. The van der Waals surface area contributed by atoms with E-state index in [2.05, 4.69) is 61.3 Å². The Bertz CT molecular complexity index is 1220. The van der Waals surface area contributed by atoms with Crippen LogP contribution in [0.2, 0.25) is 10.2 Å². The normalized spacial score (nSPS) is 18.1. The van der Waals surface area contributed by atoms with Crippen molar-refractivity contribution in [3.8, 4) is 0 Å². The summed E-state index contributed by atoms with van der Waals surface area (Å²) < 4.78 is 3.47. The molecule has 190 valence electrons. The average molecular weight is 633 g/mol. The minimum absolute atomic E-state index is 0.212. The number of hydrogen-bond donors (Lipinski definition) is 1. The topological polar surface area (TPSA) is 36.7 Å². The zero-order valence-electron chi connectivity index (χ0n) is 21.2. The summed E-state index contributed by atoms with van der Waals surface area (Å²) in [5.74, 6) is 0. The van der Waals surface area contributed by atoms with Gasteiger partial charge in [0.1, 0.15) is 0 Å². The molecule has 0 radical (unpaired) electrons. The van der Waals surface area contributed by atoms with E-state index < -0.39 is 19.8 Å². The number of aromatic nitrogens is 1. The molecule has 1 atom stereocenters. The summed E-state index contributed by atoms with van der Waals surface area (Å²) in [4.78, 5) is 4.13.